The fourth-order valence-corrected chi connectivity index (χ4v) is 5.32. The number of hydrogen-bond donors (Lipinski definition) is 1. The van der Waals surface area contributed by atoms with E-state index in [2.05, 4.69) is 17.4 Å². The summed E-state index contributed by atoms with van der Waals surface area (Å²) in [6, 6.07) is 24.0. The third-order valence-electron chi connectivity index (χ3n) is 5.47. The zero-order chi connectivity index (χ0) is 21.4. The lowest BCUT2D eigenvalue weighted by Gasteiger charge is -2.33. The van der Waals surface area contributed by atoms with Gasteiger partial charge in [0, 0.05) is 33.2 Å². The lowest BCUT2D eigenvalue weighted by Crippen LogP contribution is -2.25. The molecular formula is C24H18N2O4S. The number of nitrogens with one attached hydrogen (secondary N) is 1. The van der Waals surface area contributed by atoms with Crippen LogP contribution >= 0.6 is 11.8 Å². The molecule has 7 heteroatoms. The number of anilines is 1. The predicted molar refractivity (Wildman–Crippen MR) is 122 cm³/mol. The summed E-state index contributed by atoms with van der Waals surface area (Å²) in [5, 5.41) is 15.3. The SMILES string of the molecule is O=c1oc2ccccc2c2c1N[C@H](c1ccc([N+](=O)[O-])cc1)C[C@@H]2Sc1ccccc1. The topological polar surface area (TPSA) is 85.4 Å². The van der Waals surface area contributed by atoms with Crippen LogP contribution in [0.2, 0.25) is 0 Å². The van der Waals surface area contributed by atoms with Crippen LogP contribution in [0.3, 0.4) is 0 Å². The van der Waals surface area contributed by atoms with E-state index in [1.165, 1.54) is 12.1 Å². The molecule has 31 heavy (non-hydrogen) atoms. The minimum Gasteiger partial charge on any atom is -0.421 e. The summed E-state index contributed by atoms with van der Waals surface area (Å²) in [6.07, 6.45) is 0.720. The number of benzene rings is 3. The Morgan fingerprint density at radius 1 is 0.968 bits per heavy atom. The van der Waals surface area contributed by atoms with E-state index in [1.807, 2.05) is 42.5 Å². The third-order valence-corrected chi connectivity index (χ3v) is 6.73. The van der Waals surface area contributed by atoms with E-state index >= 15 is 0 Å². The molecule has 4 aromatic rings. The van der Waals surface area contributed by atoms with Crippen molar-refractivity contribution in [2.45, 2.75) is 22.6 Å². The Bertz CT molecular complexity index is 1320. The number of nitrogens with zero attached hydrogens (tertiary/aromatic N) is 1. The van der Waals surface area contributed by atoms with Crippen molar-refractivity contribution < 1.29 is 9.34 Å². The van der Waals surface area contributed by atoms with Gasteiger partial charge in [-0.25, -0.2) is 4.79 Å². The highest BCUT2D eigenvalue weighted by molar-refractivity contribution is 7.99. The maximum Gasteiger partial charge on any atom is 0.360 e. The Hall–Kier alpha value is -3.58. The van der Waals surface area contributed by atoms with Crippen molar-refractivity contribution in [3.63, 3.8) is 0 Å². The van der Waals surface area contributed by atoms with Gasteiger partial charge in [-0.05, 0) is 30.2 Å². The quantitative estimate of drug-likeness (QED) is 0.239. The van der Waals surface area contributed by atoms with Gasteiger partial charge in [0.15, 0.2) is 0 Å². The van der Waals surface area contributed by atoms with E-state index in [1.54, 1.807) is 23.9 Å². The van der Waals surface area contributed by atoms with Gasteiger partial charge in [-0.15, -0.1) is 11.8 Å². The van der Waals surface area contributed by atoms with Crippen LogP contribution in [0.4, 0.5) is 11.4 Å². The van der Waals surface area contributed by atoms with Gasteiger partial charge in [-0.1, -0.05) is 48.5 Å². The molecule has 0 aliphatic carbocycles. The molecule has 3 aromatic carbocycles. The zero-order valence-electron chi connectivity index (χ0n) is 16.4. The number of hydrogen-bond acceptors (Lipinski definition) is 6. The monoisotopic (exact) mass is 430 g/mol. The van der Waals surface area contributed by atoms with Gasteiger partial charge in [-0.2, -0.15) is 0 Å². The van der Waals surface area contributed by atoms with Gasteiger partial charge in [0.2, 0.25) is 0 Å². The van der Waals surface area contributed by atoms with Crippen LogP contribution in [0.25, 0.3) is 11.0 Å². The van der Waals surface area contributed by atoms with Crippen molar-refractivity contribution in [3.8, 4) is 0 Å². The first kappa shape index (κ1) is 19.4. The van der Waals surface area contributed by atoms with E-state index in [-0.39, 0.29) is 17.0 Å². The second-order valence-corrected chi connectivity index (χ2v) is 8.65. The van der Waals surface area contributed by atoms with Gasteiger partial charge in [0.25, 0.3) is 5.69 Å². The molecule has 0 amide bonds. The van der Waals surface area contributed by atoms with Crippen molar-refractivity contribution in [1.82, 2.24) is 0 Å². The molecule has 1 aliphatic rings. The van der Waals surface area contributed by atoms with Crippen LogP contribution < -0.4 is 10.9 Å². The molecule has 1 aromatic heterocycles. The molecule has 0 saturated carbocycles. The van der Waals surface area contributed by atoms with Gasteiger partial charge < -0.3 is 9.73 Å². The predicted octanol–water partition coefficient (Wildman–Crippen LogP) is 6.09. The number of non-ortho nitro benzene ring substituents is 1. The van der Waals surface area contributed by atoms with Gasteiger partial charge >= 0.3 is 5.63 Å². The van der Waals surface area contributed by atoms with E-state index in [4.69, 9.17) is 4.42 Å². The van der Waals surface area contributed by atoms with E-state index < -0.39 is 10.5 Å². The highest BCUT2D eigenvalue weighted by Crippen LogP contribution is 2.49. The standard InChI is InChI=1S/C24H18N2O4S/c27-24-23-22(18-8-4-5-9-20(18)30-24)21(31-17-6-2-1-3-7-17)14-19(25-23)15-10-12-16(13-11-15)26(28)29/h1-13,19,21,25H,14H2/t19-,21-/m0/s1. The minimum absolute atomic E-state index is 0.00726. The fraction of sp³-hybridized carbons (Fsp3) is 0.125. The van der Waals surface area contributed by atoms with Crippen molar-refractivity contribution in [3.05, 3.63) is 111 Å². The molecule has 2 atom stereocenters. The summed E-state index contributed by atoms with van der Waals surface area (Å²) in [4.78, 5) is 24.6. The number of thioether (sulfide) groups is 1. The van der Waals surface area contributed by atoms with Crippen LogP contribution in [-0.4, -0.2) is 4.92 Å². The average molecular weight is 430 g/mol. The van der Waals surface area contributed by atoms with Crippen molar-refractivity contribution in [2.24, 2.45) is 0 Å². The van der Waals surface area contributed by atoms with Crippen LogP contribution in [0, 0.1) is 10.1 Å². The van der Waals surface area contributed by atoms with Crippen LogP contribution in [0.15, 0.2) is 93.0 Å². The summed E-state index contributed by atoms with van der Waals surface area (Å²) in [6.45, 7) is 0. The summed E-state index contributed by atoms with van der Waals surface area (Å²) in [5.74, 6) is 0. The maximum absolute atomic E-state index is 12.9. The summed E-state index contributed by atoms with van der Waals surface area (Å²) < 4.78 is 5.58. The van der Waals surface area contributed by atoms with Crippen LogP contribution in [-0.2, 0) is 0 Å². The number of para-hydroxylation sites is 1. The van der Waals surface area contributed by atoms with Crippen LogP contribution in [0.1, 0.15) is 28.8 Å². The normalized spacial score (nSPS) is 17.7. The Kier molecular flexibility index (Phi) is 4.95. The first-order chi connectivity index (χ1) is 15.1. The number of nitro groups is 1. The molecule has 5 rings (SSSR count). The highest BCUT2D eigenvalue weighted by Gasteiger charge is 2.32. The lowest BCUT2D eigenvalue weighted by molar-refractivity contribution is -0.384. The molecular weight excluding hydrogens is 412 g/mol. The summed E-state index contributed by atoms with van der Waals surface area (Å²) >= 11 is 1.71. The molecule has 0 radical (unpaired) electrons. The molecule has 6 nitrogen and oxygen atoms in total. The van der Waals surface area contributed by atoms with Crippen molar-refractivity contribution >= 4 is 34.1 Å². The second kappa shape index (κ2) is 7.92. The Labute approximate surface area is 182 Å². The number of fused-ring (bicyclic) bond motifs is 3. The van der Waals surface area contributed by atoms with Crippen molar-refractivity contribution in [1.29, 1.82) is 0 Å². The molecule has 0 bridgehead atoms. The van der Waals surface area contributed by atoms with E-state index in [9.17, 15) is 14.9 Å². The van der Waals surface area contributed by atoms with E-state index in [0.29, 0.717) is 11.3 Å². The van der Waals surface area contributed by atoms with Gasteiger partial charge in [-0.3, -0.25) is 10.1 Å². The molecule has 0 saturated heterocycles. The summed E-state index contributed by atoms with van der Waals surface area (Å²) in [5.41, 5.74) is 2.50. The molecule has 1 aliphatic heterocycles. The van der Waals surface area contributed by atoms with Gasteiger partial charge in [0.1, 0.15) is 11.3 Å². The highest BCUT2D eigenvalue weighted by atomic mass is 32.2. The first-order valence-corrected chi connectivity index (χ1v) is 10.8. The zero-order valence-corrected chi connectivity index (χ0v) is 17.2. The van der Waals surface area contributed by atoms with Crippen LogP contribution in [0.5, 0.6) is 0 Å². The fourth-order valence-electron chi connectivity index (χ4n) is 4.03. The Morgan fingerprint density at radius 2 is 1.68 bits per heavy atom. The summed E-state index contributed by atoms with van der Waals surface area (Å²) in [7, 11) is 0. The minimum atomic E-state index is -0.414. The van der Waals surface area contributed by atoms with Crippen molar-refractivity contribution in [2.75, 3.05) is 5.32 Å². The molecule has 0 unspecified atom stereocenters. The molecule has 154 valence electrons. The maximum atomic E-state index is 12.9. The number of nitro benzene ring substituents is 1. The molecule has 2 heterocycles. The largest absolute Gasteiger partial charge is 0.421 e. The average Bonchev–Trinajstić information content (AvgIpc) is 2.80. The Morgan fingerprint density at radius 3 is 2.42 bits per heavy atom. The van der Waals surface area contributed by atoms with Gasteiger partial charge in [0.05, 0.1) is 11.0 Å². The van der Waals surface area contributed by atoms with E-state index in [0.717, 1.165) is 27.8 Å². The lowest BCUT2D eigenvalue weighted by atomic mass is 9.91. The third kappa shape index (κ3) is 3.68. The Balaban J connectivity index is 1.62. The molecule has 0 spiro atoms. The molecule has 1 N–H and O–H groups in total. The molecule has 0 fully saturated rings. The first-order valence-electron chi connectivity index (χ1n) is 9.88. The second-order valence-electron chi connectivity index (χ2n) is 7.38. The smallest absolute Gasteiger partial charge is 0.360 e. The number of rotatable bonds is 4.